The lowest BCUT2D eigenvalue weighted by atomic mass is 9.92. The zero-order chi connectivity index (χ0) is 19.8. The number of hydrogen-bond acceptors (Lipinski definition) is 2. The zero-order valence-electron chi connectivity index (χ0n) is 16.4. The van der Waals surface area contributed by atoms with E-state index >= 15 is 0 Å². The lowest BCUT2D eigenvalue weighted by Crippen LogP contribution is -2.04. The van der Waals surface area contributed by atoms with E-state index in [9.17, 15) is 9.59 Å². The van der Waals surface area contributed by atoms with Crippen molar-refractivity contribution in [2.45, 2.75) is 58.8 Å². The topological polar surface area (TPSA) is 82.2 Å². The van der Waals surface area contributed by atoms with Crippen molar-refractivity contribution in [3.63, 3.8) is 0 Å². The second-order valence-corrected chi connectivity index (χ2v) is 7.71. The predicted molar refractivity (Wildman–Crippen MR) is 110 cm³/mol. The molecule has 0 unspecified atom stereocenters. The quantitative estimate of drug-likeness (QED) is 0.680. The Bertz CT molecular complexity index is 998. The lowest BCUT2D eigenvalue weighted by molar-refractivity contribution is -0.137. The highest BCUT2D eigenvalue weighted by atomic mass is 16.4. The third kappa shape index (κ3) is 3.15. The second kappa shape index (κ2) is 7.30. The molecule has 0 atom stereocenters. The average Bonchev–Trinajstić information content (AvgIpc) is 3.18. The van der Waals surface area contributed by atoms with Gasteiger partial charge in [0.2, 0.25) is 0 Å². The minimum absolute atomic E-state index is 0.0867. The maximum absolute atomic E-state index is 12.7. The Labute approximate surface area is 164 Å². The van der Waals surface area contributed by atoms with Gasteiger partial charge in [0, 0.05) is 29.1 Å². The van der Waals surface area contributed by atoms with Crippen LogP contribution in [0.15, 0.2) is 12.1 Å². The second-order valence-electron chi connectivity index (χ2n) is 7.71. The van der Waals surface area contributed by atoms with E-state index < -0.39 is 5.97 Å². The SMILES string of the molecule is CCc1c(C=C2C(=O)Nc3ccc(CCC(=O)O)c(C)c32)[nH]c2c1CCCC2. The van der Waals surface area contributed by atoms with Crippen LogP contribution in [0.5, 0.6) is 0 Å². The number of aliphatic carboxylic acids is 1. The van der Waals surface area contributed by atoms with E-state index in [0.717, 1.165) is 47.3 Å². The van der Waals surface area contributed by atoms with Crippen LogP contribution in [0.1, 0.15) is 65.4 Å². The molecule has 1 aliphatic heterocycles. The van der Waals surface area contributed by atoms with Gasteiger partial charge < -0.3 is 15.4 Å². The van der Waals surface area contributed by atoms with Crippen LogP contribution < -0.4 is 5.32 Å². The molecule has 28 heavy (non-hydrogen) atoms. The van der Waals surface area contributed by atoms with Crippen molar-refractivity contribution in [1.29, 1.82) is 0 Å². The smallest absolute Gasteiger partial charge is 0.303 e. The third-order valence-corrected chi connectivity index (χ3v) is 6.03. The van der Waals surface area contributed by atoms with E-state index in [-0.39, 0.29) is 12.3 Å². The number of rotatable bonds is 5. The largest absolute Gasteiger partial charge is 0.481 e. The first-order valence-electron chi connectivity index (χ1n) is 10.1. The Kier molecular flexibility index (Phi) is 4.84. The van der Waals surface area contributed by atoms with E-state index in [0.29, 0.717) is 12.0 Å². The summed E-state index contributed by atoms with van der Waals surface area (Å²) < 4.78 is 0. The molecule has 0 radical (unpaired) electrons. The van der Waals surface area contributed by atoms with Gasteiger partial charge in [0.1, 0.15) is 0 Å². The highest BCUT2D eigenvalue weighted by molar-refractivity contribution is 6.35. The summed E-state index contributed by atoms with van der Waals surface area (Å²) in [5, 5.41) is 12.0. The minimum atomic E-state index is -0.811. The number of hydrogen-bond donors (Lipinski definition) is 3. The van der Waals surface area contributed by atoms with Gasteiger partial charge in [-0.2, -0.15) is 0 Å². The Morgan fingerprint density at radius 2 is 2.04 bits per heavy atom. The number of H-pyrrole nitrogens is 1. The molecule has 0 bridgehead atoms. The summed E-state index contributed by atoms with van der Waals surface area (Å²) in [4.78, 5) is 27.3. The van der Waals surface area contributed by atoms with Gasteiger partial charge in [0.05, 0.1) is 5.57 Å². The number of carboxylic acid groups (broad SMARTS) is 1. The molecule has 1 amide bonds. The normalized spacial score (nSPS) is 16.8. The van der Waals surface area contributed by atoms with Gasteiger partial charge in [-0.05, 0) is 79.8 Å². The van der Waals surface area contributed by atoms with Gasteiger partial charge in [-0.15, -0.1) is 0 Å². The molecule has 2 aromatic rings. The number of carboxylic acids is 1. The molecular weight excluding hydrogens is 352 g/mol. The Morgan fingerprint density at radius 1 is 1.25 bits per heavy atom. The molecule has 1 aliphatic carbocycles. The first kappa shape index (κ1) is 18.5. The molecule has 0 fully saturated rings. The van der Waals surface area contributed by atoms with Crippen LogP contribution in [0.25, 0.3) is 11.6 Å². The lowest BCUT2D eigenvalue weighted by Gasteiger charge is -2.11. The first-order chi connectivity index (χ1) is 13.5. The van der Waals surface area contributed by atoms with Crippen molar-refractivity contribution >= 4 is 29.2 Å². The van der Waals surface area contributed by atoms with E-state index in [1.54, 1.807) is 0 Å². The molecule has 5 heteroatoms. The molecule has 146 valence electrons. The molecule has 1 aromatic heterocycles. The fourth-order valence-corrected chi connectivity index (χ4v) is 4.61. The van der Waals surface area contributed by atoms with Gasteiger partial charge in [0.25, 0.3) is 5.91 Å². The van der Waals surface area contributed by atoms with Crippen LogP contribution in [0, 0.1) is 6.92 Å². The molecule has 4 rings (SSSR count). The van der Waals surface area contributed by atoms with E-state index in [2.05, 4.69) is 17.2 Å². The standard InChI is InChI=1S/C23H26N2O3/c1-3-15-16-6-4-5-7-18(16)24-20(15)12-17-22-13(2)14(9-11-21(26)27)8-10-19(22)25-23(17)28/h8,10,12,24H,3-7,9,11H2,1-2H3,(H,25,28)(H,26,27). The van der Waals surface area contributed by atoms with Crippen LogP contribution in [0.3, 0.4) is 0 Å². The number of fused-ring (bicyclic) bond motifs is 2. The Balaban J connectivity index is 1.78. The van der Waals surface area contributed by atoms with Gasteiger partial charge >= 0.3 is 5.97 Å². The monoisotopic (exact) mass is 378 g/mol. The van der Waals surface area contributed by atoms with Crippen molar-refractivity contribution in [1.82, 2.24) is 4.98 Å². The Hall–Kier alpha value is -2.82. The molecule has 3 N–H and O–H groups in total. The fourth-order valence-electron chi connectivity index (χ4n) is 4.61. The number of nitrogens with one attached hydrogen (secondary N) is 2. The number of aromatic nitrogens is 1. The van der Waals surface area contributed by atoms with Gasteiger partial charge in [-0.25, -0.2) is 0 Å². The summed E-state index contributed by atoms with van der Waals surface area (Å²) in [6.07, 6.45) is 8.11. The number of amides is 1. The summed E-state index contributed by atoms with van der Waals surface area (Å²) in [5.41, 5.74) is 9.46. The molecule has 0 spiro atoms. The first-order valence-corrected chi connectivity index (χ1v) is 10.1. The van der Waals surface area contributed by atoms with Crippen molar-refractivity contribution in [2.24, 2.45) is 0 Å². The summed E-state index contributed by atoms with van der Waals surface area (Å²) >= 11 is 0. The number of benzene rings is 1. The van der Waals surface area contributed by atoms with Crippen molar-refractivity contribution in [3.8, 4) is 0 Å². The summed E-state index contributed by atoms with van der Waals surface area (Å²) in [7, 11) is 0. The van der Waals surface area contributed by atoms with Crippen LogP contribution in [0.2, 0.25) is 0 Å². The summed E-state index contributed by atoms with van der Waals surface area (Å²) in [5.74, 6) is -0.905. The zero-order valence-corrected chi connectivity index (χ0v) is 16.4. The maximum Gasteiger partial charge on any atom is 0.303 e. The summed E-state index contributed by atoms with van der Waals surface area (Å²) in [6.45, 7) is 4.14. The Morgan fingerprint density at radius 3 is 2.79 bits per heavy atom. The average molecular weight is 378 g/mol. The summed E-state index contributed by atoms with van der Waals surface area (Å²) in [6, 6.07) is 3.81. The van der Waals surface area contributed by atoms with Crippen molar-refractivity contribution in [3.05, 3.63) is 51.3 Å². The van der Waals surface area contributed by atoms with E-state index in [1.165, 1.54) is 29.7 Å². The minimum Gasteiger partial charge on any atom is -0.481 e. The number of aryl methyl sites for hydroxylation is 2. The number of carbonyl (C=O) groups is 2. The van der Waals surface area contributed by atoms with Crippen LogP contribution in [0.4, 0.5) is 5.69 Å². The maximum atomic E-state index is 12.7. The molecule has 1 aromatic carbocycles. The molecule has 0 saturated carbocycles. The van der Waals surface area contributed by atoms with E-state index in [4.69, 9.17) is 5.11 Å². The number of anilines is 1. The number of aromatic amines is 1. The molecule has 2 aliphatic rings. The fraction of sp³-hybridized carbons (Fsp3) is 0.391. The highest BCUT2D eigenvalue weighted by Gasteiger charge is 2.28. The van der Waals surface area contributed by atoms with E-state index in [1.807, 2.05) is 25.1 Å². The molecular formula is C23H26N2O3. The third-order valence-electron chi connectivity index (χ3n) is 6.03. The van der Waals surface area contributed by atoms with Gasteiger partial charge in [-0.3, -0.25) is 9.59 Å². The molecule has 0 saturated heterocycles. The molecule has 5 nitrogen and oxygen atoms in total. The van der Waals surface area contributed by atoms with Gasteiger partial charge in [-0.1, -0.05) is 13.0 Å². The van der Waals surface area contributed by atoms with Crippen LogP contribution in [-0.4, -0.2) is 22.0 Å². The van der Waals surface area contributed by atoms with Crippen LogP contribution in [-0.2, 0) is 35.3 Å². The van der Waals surface area contributed by atoms with Crippen molar-refractivity contribution in [2.75, 3.05) is 5.32 Å². The van der Waals surface area contributed by atoms with Gasteiger partial charge in [0.15, 0.2) is 0 Å². The molecule has 2 heterocycles. The predicted octanol–water partition coefficient (Wildman–Crippen LogP) is 4.27. The number of carbonyl (C=O) groups excluding carboxylic acids is 1. The van der Waals surface area contributed by atoms with Crippen LogP contribution >= 0.6 is 0 Å². The highest BCUT2D eigenvalue weighted by Crippen LogP contribution is 2.38. The van der Waals surface area contributed by atoms with Crippen molar-refractivity contribution < 1.29 is 14.7 Å².